The van der Waals surface area contributed by atoms with E-state index in [0.29, 0.717) is 22.2 Å². The monoisotopic (exact) mass is 496 g/mol. The number of rotatable bonds is 6. The van der Waals surface area contributed by atoms with Crippen LogP contribution in [0, 0.1) is 18.8 Å². The fourth-order valence-corrected chi connectivity index (χ4v) is 4.84. The summed E-state index contributed by atoms with van der Waals surface area (Å²) in [4.78, 5) is 41.7. The van der Waals surface area contributed by atoms with Gasteiger partial charge in [0.05, 0.1) is 16.8 Å². The minimum absolute atomic E-state index is 0.233. The van der Waals surface area contributed by atoms with E-state index in [0.717, 1.165) is 34.4 Å². The average Bonchev–Trinajstić information content (AvgIpc) is 3.33. The van der Waals surface area contributed by atoms with E-state index in [2.05, 4.69) is 14.7 Å². The number of hydrogen-bond acceptors (Lipinski definition) is 7. The van der Waals surface area contributed by atoms with Gasteiger partial charge in [0.15, 0.2) is 0 Å². The Morgan fingerprint density at radius 2 is 1.69 bits per heavy atom. The van der Waals surface area contributed by atoms with Crippen molar-refractivity contribution in [2.45, 2.75) is 13.8 Å². The molecule has 2 amide bonds. The normalized spacial score (nSPS) is 14.5. The topological polar surface area (TPSA) is 93.9 Å². The molecule has 1 aliphatic rings. The van der Waals surface area contributed by atoms with E-state index >= 15 is 0 Å². The van der Waals surface area contributed by atoms with Crippen LogP contribution in [-0.4, -0.2) is 20.7 Å². The van der Waals surface area contributed by atoms with Gasteiger partial charge in [-0.25, -0.2) is 9.88 Å². The standard InChI is InChI=1S/C27H20N4O4S/c1-17-14-19(15-24-26(32)31(27(33)36-24)21-6-4-3-5-7-21)18(2)30(17)22-9-11-23(12-10-22)35-25-13-8-20(29-34)16-28-25/h3-16H,1-2H3. The predicted molar refractivity (Wildman–Crippen MR) is 140 cm³/mol. The lowest BCUT2D eigenvalue weighted by Crippen LogP contribution is -2.27. The predicted octanol–water partition coefficient (Wildman–Crippen LogP) is 6.92. The van der Waals surface area contributed by atoms with Crippen molar-refractivity contribution in [1.82, 2.24) is 9.55 Å². The molecule has 178 valence electrons. The molecule has 9 heteroatoms. The van der Waals surface area contributed by atoms with E-state index in [1.54, 1.807) is 36.4 Å². The minimum Gasteiger partial charge on any atom is -0.439 e. The molecule has 4 aromatic rings. The first kappa shape index (κ1) is 23.3. The maximum absolute atomic E-state index is 13.0. The largest absolute Gasteiger partial charge is 0.439 e. The van der Waals surface area contributed by atoms with Crippen LogP contribution in [-0.2, 0) is 4.79 Å². The molecule has 0 atom stereocenters. The fraction of sp³-hybridized carbons (Fsp3) is 0.0741. The quantitative estimate of drug-likeness (QED) is 0.212. The van der Waals surface area contributed by atoms with Crippen molar-refractivity contribution < 1.29 is 14.3 Å². The number of imide groups is 1. The van der Waals surface area contributed by atoms with E-state index in [-0.39, 0.29) is 16.8 Å². The van der Waals surface area contributed by atoms with Crippen LogP contribution in [0.3, 0.4) is 0 Å². The van der Waals surface area contributed by atoms with Crippen LogP contribution >= 0.6 is 11.8 Å². The van der Waals surface area contributed by atoms with Crippen LogP contribution in [0.1, 0.15) is 17.0 Å². The van der Waals surface area contributed by atoms with Crippen molar-refractivity contribution in [3.05, 3.63) is 106 Å². The fourth-order valence-electron chi connectivity index (χ4n) is 4.01. The molecular weight excluding hydrogens is 476 g/mol. The number of nitrogens with zero attached hydrogens (tertiary/aromatic N) is 4. The zero-order chi connectivity index (χ0) is 25.2. The second kappa shape index (κ2) is 9.63. The Balaban J connectivity index is 1.38. The molecule has 8 nitrogen and oxygen atoms in total. The van der Waals surface area contributed by atoms with Gasteiger partial charge >= 0.3 is 0 Å². The van der Waals surface area contributed by atoms with Crippen LogP contribution in [0.2, 0.25) is 0 Å². The number of hydrogen-bond donors (Lipinski definition) is 0. The zero-order valence-corrected chi connectivity index (χ0v) is 20.2. The van der Waals surface area contributed by atoms with Gasteiger partial charge in [0.25, 0.3) is 11.1 Å². The summed E-state index contributed by atoms with van der Waals surface area (Å²) in [5, 5.41) is 2.51. The van der Waals surface area contributed by atoms with Gasteiger partial charge in [0.1, 0.15) is 11.4 Å². The molecule has 0 radical (unpaired) electrons. The number of aryl methyl sites for hydroxylation is 1. The summed E-state index contributed by atoms with van der Waals surface area (Å²) >= 11 is 0.940. The number of ether oxygens (including phenoxy) is 1. The van der Waals surface area contributed by atoms with Crippen LogP contribution in [0.15, 0.2) is 89.1 Å². The summed E-state index contributed by atoms with van der Waals surface area (Å²) in [5.41, 5.74) is 4.49. The second-order valence-corrected chi connectivity index (χ2v) is 9.05. The van der Waals surface area contributed by atoms with Crippen LogP contribution in [0.4, 0.5) is 16.2 Å². The number of aromatic nitrogens is 2. The molecule has 0 unspecified atom stereocenters. The zero-order valence-electron chi connectivity index (χ0n) is 19.4. The van der Waals surface area contributed by atoms with Crippen molar-refractivity contribution in [2.24, 2.45) is 5.18 Å². The van der Waals surface area contributed by atoms with Gasteiger partial charge in [0, 0.05) is 23.1 Å². The summed E-state index contributed by atoms with van der Waals surface area (Å²) in [7, 11) is 0. The third kappa shape index (κ3) is 4.44. The lowest BCUT2D eigenvalue weighted by molar-refractivity contribution is -0.113. The van der Waals surface area contributed by atoms with Gasteiger partial charge in [-0.15, -0.1) is 4.91 Å². The average molecular weight is 497 g/mol. The summed E-state index contributed by atoms with van der Waals surface area (Å²) < 4.78 is 7.81. The number of thioether (sulfide) groups is 1. The molecule has 1 fully saturated rings. The molecule has 0 N–H and O–H groups in total. The second-order valence-electron chi connectivity index (χ2n) is 8.06. The van der Waals surface area contributed by atoms with E-state index in [1.165, 1.54) is 17.2 Å². The van der Waals surface area contributed by atoms with Crippen molar-refractivity contribution >= 4 is 40.4 Å². The van der Waals surface area contributed by atoms with Crippen LogP contribution in [0.5, 0.6) is 11.6 Å². The summed E-state index contributed by atoms with van der Waals surface area (Å²) in [6.45, 7) is 3.95. The van der Waals surface area contributed by atoms with E-state index in [4.69, 9.17) is 4.74 Å². The van der Waals surface area contributed by atoms with Gasteiger partial charge in [-0.05, 0) is 91.0 Å². The summed E-state index contributed by atoms with van der Waals surface area (Å²) in [5.74, 6) is 0.624. The highest BCUT2D eigenvalue weighted by molar-refractivity contribution is 8.19. The Bertz CT molecular complexity index is 1490. The van der Waals surface area contributed by atoms with E-state index in [1.807, 2.05) is 50.2 Å². The Morgan fingerprint density at radius 3 is 2.36 bits per heavy atom. The summed E-state index contributed by atoms with van der Waals surface area (Å²) in [6, 6.07) is 21.5. The minimum atomic E-state index is -0.326. The number of carbonyl (C=O) groups excluding carboxylic acids is 2. The molecule has 1 aliphatic heterocycles. The van der Waals surface area contributed by atoms with Crippen molar-refractivity contribution in [3.8, 4) is 17.3 Å². The van der Waals surface area contributed by atoms with Crippen LogP contribution < -0.4 is 9.64 Å². The molecular formula is C27H20N4O4S. The Kier molecular flexibility index (Phi) is 6.22. The highest BCUT2D eigenvalue weighted by Crippen LogP contribution is 2.36. The number of nitroso groups, excluding NO2 is 1. The molecule has 2 aromatic carbocycles. The van der Waals surface area contributed by atoms with E-state index in [9.17, 15) is 14.5 Å². The van der Waals surface area contributed by atoms with Crippen molar-refractivity contribution in [2.75, 3.05) is 4.90 Å². The third-order valence-corrected chi connectivity index (χ3v) is 6.58. The van der Waals surface area contributed by atoms with Gasteiger partial charge in [-0.2, -0.15) is 0 Å². The maximum atomic E-state index is 13.0. The smallest absolute Gasteiger partial charge is 0.298 e. The number of carbonyl (C=O) groups is 2. The van der Waals surface area contributed by atoms with E-state index < -0.39 is 0 Å². The lowest BCUT2D eigenvalue weighted by Gasteiger charge is -2.12. The maximum Gasteiger partial charge on any atom is 0.298 e. The highest BCUT2D eigenvalue weighted by atomic mass is 32.2. The van der Waals surface area contributed by atoms with Crippen molar-refractivity contribution in [1.29, 1.82) is 0 Å². The molecule has 36 heavy (non-hydrogen) atoms. The first-order chi connectivity index (χ1) is 17.4. The molecule has 0 saturated carbocycles. The lowest BCUT2D eigenvalue weighted by atomic mass is 10.2. The Labute approximate surface area is 211 Å². The molecule has 3 heterocycles. The van der Waals surface area contributed by atoms with Crippen LogP contribution in [0.25, 0.3) is 11.8 Å². The Hall–Kier alpha value is -4.50. The molecule has 1 saturated heterocycles. The number of para-hydroxylation sites is 1. The van der Waals surface area contributed by atoms with Gasteiger partial charge in [0.2, 0.25) is 5.88 Å². The number of anilines is 1. The number of benzene rings is 2. The molecule has 0 spiro atoms. The third-order valence-electron chi connectivity index (χ3n) is 5.71. The molecule has 5 rings (SSSR count). The van der Waals surface area contributed by atoms with Gasteiger partial charge in [-0.3, -0.25) is 9.59 Å². The molecule has 0 bridgehead atoms. The highest BCUT2D eigenvalue weighted by Gasteiger charge is 2.36. The van der Waals surface area contributed by atoms with Gasteiger partial charge in [-0.1, -0.05) is 18.2 Å². The number of pyridine rings is 1. The van der Waals surface area contributed by atoms with Gasteiger partial charge < -0.3 is 9.30 Å². The number of amides is 2. The SMILES string of the molecule is Cc1cc(C=C2SC(=O)N(c3ccccc3)C2=O)c(C)n1-c1ccc(Oc2ccc(N=O)cn2)cc1. The summed E-state index contributed by atoms with van der Waals surface area (Å²) in [6.07, 6.45) is 3.12. The molecule has 2 aromatic heterocycles. The first-order valence-electron chi connectivity index (χ1n) is 11.0. The Morgan fingerprint density at radius 1 is 0.944 bits per heavy atom. The first-order valence-corrected chi connectivity index (χ1v) is 11.9. The van der Waals surface area contributed by atoms with Crippen molar-refractivity contribution in [3.63, 3.8) is 0 Å². The molecule has 0 aliphatic carbocycles.